The van der Waals surface area contributed by atoms with Gasteiger partial charge >= 0.3 is 0 Å². The van der Waals surface area contributed by atoms with E-state index in [0.717, 1.165) is 23.6 Å². The number of nitrogens with zero attached hydrogens (tertiary/aromatic N) is 2. The summed E-state index contributed by atoms with van der Waals surface area (Å²) in [4.78, 5) is 30.5. The maximum Gasteiger partial charge on any atom is 0.234 e. The number of carbonyl (C=O) groups excluding carboxylic acids is 2. The molecule has 0 bridgehead atoms. The van der Waals surface area contributed by atoms with Crippen molar-refractivity contribution >= 4 is 33.4 Å². The van der Waals surface area contributed by atoms with E-state index < -0.39 is 0 Å². The average Bonchev–Trinajstić information content (AvgIpc) is 2.65. The highest BCUT2D eigenvalue weighted by atomic mass is 33.1. The number of nitrogens with one attached hydrogen (secondary N) is 2. The van der Waals surface area contributed by atoms with Crippen LogP contribution in [0.25, 0.3) is 0 Å². The summed E-state index contributed by atoms with van der Waals surface area (Å²) in [5.41, 5.74) is 0. The van der Waals surface area contributed by atoms with Crippen LogP contribution in [0.5, 0.6) is 0 Å². The van der Waals surface area contributed by atoms with Gasteiger partial charge in [-0.3, -0.25) is 14.5 Å². The largest absolute Gasteiger partial charge is 0.355 e. The quantitative estimate of drug-likeness (QED) is 0.348. The van der Waals surface area contributed by atoms with Crippen LogP contribution in [0.4, 0.5) is 0 Å². The molecular weight excluding hydrogens is 384 g/mol. The molecule has 27 heavy (non-hydrogen) atoms. The standard InChI is InChI=1S/C19H30N4O2S2/c1-15-6-5-7-16(2)23(15)14-18(25)20-11-9-17(24)21-12-13-26-27-19-8-3-4-10-22-19/h3-4,8,10,15-16H,5-7,9,11-14H2,1-2H3,(H,20,25)(H,21,24)/t15-,16+/i1+1,2+1,15+1,16+1. The van der Waals surface area contributed by atoms with Gasteiger partial charge in [-0.05, 0) is 49.6 Å². The van der Waals surface area contributed by atoms with Crippen LogP contribution in [0.2, 0.25) is 0 Å². The van der Waals surface area contributed by atoms with Crippen LogP contribution in [-0.2, 0) is 9.59 Å². The first kappa shape index (κ1) is 22.0. The van der Waals surface area contributed by atoms with Crippen LogP contribution >= 0.6 is 21.6 Å². The molecule has 1 aliphatic heterocycles. The van der Waals surface area contributed by atoms with Gasteiger partial charge in [-0.1, -0.05) is 23.3 Å². The maximum atomic E-state index is 12.1. The first-order chi connectivity index (χ1) is 13.1. The Morgan fingerprint density at radius 2 is 1.89 bits per heavy atom. The fourth-order valence-corrected chi connectivity index (χ4v) is 4.93. The Labute approximate surface area is 170 Å². The molecule has 0 aromatic carbocycles. The summed E-state index contributed by atoms with van der Waals surface area (Å²) in [5.74, 6) is 0.786. The van der Waals surface area contributed by atoms with Crippen molar-refractivity contribution in [1.82, 2.24) is 20.5 Å². The molecule has 6 nitrogen and oxygen atoms in total. The van der Waals surface area contributed by atoms with Crippen molar-refractivity contribution in [2.75, 3.05) is 25.4 Å². The second-order valence-corrected chi connectivity index (χ2v) is 9.26. The van der Waals surface area contributed by atoms with E-state index in [2.05, 4.69) is 34.4 Å². The number of aromatic nitrogens is 1. The summed E-state index contributed by atoms with van der Waals surface area (Å²) < 4.78 is 0. The molecule has 2 amide bonds. The van der Waals surface area contributed by atoms with E-state index in [-0.39, 0.29) is 11.8 Å². The zero-order valence-electron chi connectivity index (χ0n) is 16.1. The fourth-order valence-electron chi connectivity index (χ4n) is 3.14. The molecule has 1 aromatic rings. The zero-order chi connectivity index (χ0) is 19.5. The zero-order valence-corrected chi connectivity index (χ0v) is 17.8. The van der Waals surface area contributed by atoms with E-state index in [9.17, 15) is 9.59 Å². The van der Waals surface area contributed by atoms with Gasteiger partial charge < -0.3 is 10.6 Å². The Morgan fingerprint density at radius 3 is 2.59 bits per heavy atom. The van der Waals surface area contributed by atoms with E-state index in [1.54, 1.807) is 27.8 Å². The van der Waals surface area contributed by atoms with Crippen LogP contribution in [0.1, 0.15) is 39.5 Å². The molecule has 0 unspecified atom stereocenters. The minimum atomic E-state index is -0.0292. The summed E-state index contributed by atoms with van der Waals surface area (Å²) >= 11 is 0. The topological polar surface area (TPSA) is 74.3 Å². The lowest BCUT2D eigenvalue weighted by molar-refractivity contribution is -0.124. The lowest BCUT2D eigenvalue weighted by Gasteiger charge is -2.38. The van der Waals surface area contributed by atoms with Crippen molar-refractivity contribution in [3.8, 4) is 0 Å². The van der Waals surface area contributed by atoms with Gasteiger partial charge in [-0.25, -0.2) is 4.98 Å². The molecule has 0 spiro atoms. The predicted molar refractivity (Wildman–Crippen MR) is 113 cm³/mol. The van der Waals surface area contributed by atoms with E-state index in [0.29, 0.717) is 38.1 Å². The molecule has 1 aromatic heterocycles. The highest BCUT2D eigenvalue weighted by Gasteiger charge is 2.26. The summed E-state index contributed by atoms with van der Waals surface area (Å²) in [5, 5.41) is 6.72. The fraction of sp³-hybridized carbons (Fsp3) is 0.632. The van der Waals surface area contributed by atoms with Crippen LogP contribution in [0.15, 0.2) is 29.4 Å². The number of piperidine rings is 1. The Balaban J connectivity index is 1.50. The van der Waals surface area contributed by atoms with E-state index in [1.807, 2.05) is 18.2 Å². The molecule has 2 N–H and O–H groups in total. The molecule has 0 aliphatic carbocycles. The number of pyridine rings is 1. The van der Waals surface area contributed by atoms with Gasteiger partial charge in [0.05, 0.1) is 6.54 Å². The first-order valence-electron chi connectivity index (χ1n) is 9.56. The SMILES string of the molecule is [13CH3][13C@@H]1CCC[13C@H]([13CH3])N1CC(=O)NCCC(=O)NCCSSc1ccccn1. The van der Waals surface area contributed by atoms with Crippen LogP contribution in [0, 0.1) is 0 Å². The predicted octanol–water partition coefficient (Wildman–Crippen LogP) is 2.71. The third kappa shape index (κ3) is 8.53. The average molecular weight is 415 g/mol. The van der Waals surface area contributed by atoms with Crippen molar-refractivity contribution in [3.05, 3.63) is 24.4 Å². The molecule has 1 saturated heterocycles. The molecule has 150 valence electrons. The third-order valence-electron chi connectivity index (χ3n) is 4.67. The van der Waals surface area contributed by atoms with Gasteiger partial charge in [-0.2, -0.15) is 0 Å². The Bertz CT molecular complexity index is 578. The van der Waals surface area contributed by atoms with E-state index in [1.165, 1.54) is 6.42 Å². The minimum Gasteiger partial charge on any atom is -0.355 e. The lowest BCUT2D eigenvalue weighted by Crippen LogP contribution is -2.49. The van der Waals surface area contributed by atoms with Crippen molar-refractivity contribution in [1.29, 1.82) is 0 Å². The second kappa shape index (κ2) is 12.3. The first-order valence-corrected chi connectivity index (χ1v) is 11.9. The normalized spacial score (nSPS) is 20.2. The van der Waals surface area contributed by atoms with Gasteiger partial charge in [-0.15, -0.1) is 0 Å². The molecule has 0 saturated carbocycles. The lowest BCUT2D eigenvalue weighted by atomic mass is 10.3. The Morgan fingerprint density at radius 1 is 1.15 bits per heavy atom. The number of rotatable bonds is 10. The van der Waals surface area contributed by atoms with E-state index >= 15 is 0 Å². The number of hydrogen-bond acceptors (Lipinski definition) is 6. The molecular formula is C19H30N4O2S2. The smallest absolute Gasteiger partial charge is 0.234 e. The summed E-state index contributed by atoms with van der Waals surface area (Å²) in [6.45, 7) is 5.78. The molecule has 8 heteroatoms. The van der Waals surface area contributed by atoms with E-state index in [4.69, 9.17) is 0 Å². The van der Waals surface area contributed by atoms with Gasteiger partial charge in [0.2, 0.25) is 11.8 Å². The van der Waals surface area contributed by atoms with Crippen LogP contribution in [-0.4, -0.2) is 59.2 Å². The van der Waals surface area contributed by atoms with Crippen molar-refractivity contribution in [2.24, 2.45) is 0 Å². The molecule has 0 radical (unpaired) electrons. The molecule has 2 heterocycles. The van der Waals surface area contributed by atoms with Gasteiger partial charge in [0.1, 0.15) is 5.03 Å². The Hall–Kier alpha value is -1.25. The summed E-state index contributed by atoms with van der Waals surface area (Å²) in [6.07, 6.45) is 5.62. The molecule has 1 aliphatic rings. The molecule has 2 rings (SSSR count). The van der Waals surface area contributed by atoms with Gasteiger partial charge in [0.25, 0.3) is 0 Å². The minimum absolute atomic E-state index is 0.00529. The van der Waals surface area contributed by atoms with Crippen molar-refractivity contribution < 1.29 is 9.59 Å². The molecule has 1 fully saturated rings. The number of hydrogen-bond donors (Lipinski definition) is 2. The number of carbonyl (C=O) groups is 2. The number of likely N-dealkylation sites (tertiary alicyclic amines) is 1. The second-order valence-electron chi connectivity index (χ2n) is 6.82. The van der Waals surface area contributed by atoms with Crippen molar-refractivity contribution in [3.63, 3.8) is 0 Å². The van der Waals surface area contributed by atoms with Crippen LogP contribution < -0.4 is 10.6 Å². The maximum absolute atomic E-state index is 12.1. The molecule has 2 atom stereocenters. The summed E-state index contributed by atoms with van der Waals surface area (Å²) in [6, 6.07) is 6.71. The number of amides is 2. The third-order valence-corrected chi connectivity index (χ3v) is 6.93. The highest BCUT2D eigenvalue weighted by Crippen LogP contribution is 2.28. The van der Waals surface area contributed by atoms with Gasteiger partial charge in [0.15, 0.2) is 0 Å². The van der Waals surface area contributed by atoms with Gasteiger partial charge in [0, 0.05) is 43.5 Å². The monoisotopic (exact) mass is 414 g/mol. The highest BCUT2D eigenvalue weighted by molar-refractivity contribution is 8.76. The Kier molecular flexibility index (Phi) is 10.0. The summed E-state index contributed by atoms with van der Waals surface area (Å²) in [7, 11) is 3.26. The van der Waals surface area contributed by atoms with Crippen LogP contribution in [0.3, 0.4) is 0 Å². The van der Waals surface area contributed by atoms with Crippen molar-refractivity contribution in [2.45, 2.75) is 56.6 Å².